The predicted molar refractivity (Wildman–Crippen MR) is 116 cm³/mol. The molecule has 0 aliphatic carbocycles. The molecular formula is C24H28N2O2. The zero-order chi connectivity index (χ0) is 20.7. The quantitative estimate of drug-likeness (QED) is 0.384. The second-order valence-electron chi connectivity index (χ2n) is 8.37. The molecule has 0 aliphatic rings. The summed E-state index contributed by atoms with van der Waals surface area (Å²) in [6.07, 6.45) is 0. The molecule has 0 aliphatic heterocycles. The first-order chi connectivity index (χ1) is 13.0. The van der Waals surface area contributed by atoms with Gasteiger partial charge in [-0.15, -0.1) is 0 Å². The van der Waals surface area contributed by atoms with Crippen molar-refractivity contribution in [1.29, 1.82) is 0 Å². The normalized spacial score (nSPS) is 12.1. The number of benzene rings is 3. The van der Waals surface area contributed by atoms with Gasteiger partial charge in [0.05, 0.1) is 11.4 Å². The highest BCUT2D eigenvalue weighted by molar-refractivity contribution is 5.57. The van der Waals surface area contributed by atoms with Crippen molar-refractivity contribution >= 4 is 11.4 Å². The van der Waals surface area contributed by atoms with Crippen LogP contribution in [0.1, 0.15) is 49.9 Å². The van der Waals surface area contributed by atoms with Crippen LogP contribution in [0.3, 0.4) is 0 Å². The lowest BCUT2D eigenvalue weighted by Crippen LogP contribution is -2.21. The van der Waals surface area contributed by atoms with Crippen molar-refractivity contribution in [2.75, 3.05) is 11.5 Å². The number of hydrogen-bond donors (Lipinski definition) is 4. The van der Waals surface area contributed by atoms with E-state index in [9.17, 15) is 10.2 Å². The molecule has 4 heteroatoms. The third kappa shape index (κ3) is 3.38. The topological polar surface area (TPSA) is 92.5 Å². The third-order valence-electron chi connectivity index (χ3n) is 5.83. The van der Waals surface area contributed by atoms with Gasteiger partial charge in [0.1, 0.15) is 11.5 Å². The zero-order valence-corrected chi connectivity index (χ0v) is 16.8. The maximum absolute atomic E-state index is 9.70. The van der Waals surface area contributed by atoms with Crippen molar-refractivity contribution in [2.45, 2.75) is 38.5 Å². The van der Waals surface area contributed by atoms with Gasteiger partial charge >= 0.3 is 0 Å². The van der Waals surface area contributed by atoms with Crippen molar-refractivity contribution in [1.82, 2.24) is 0 Å². The molecule has 0 radical (unpaired) electrons. The van der Waals surface area contributed by atoms with Gasteiger partial charge in [-0.05, 0) is 46.5 Å². The average molecular weight is 377 g/mol. The molecular weight excluding hydrogens is 348 g/mol. The second-order valence-corrected chi connectivity index (χ2v) is 8.37. The van der Waals surface area contributed by atoms with Crippen molar-refractivity contribution in [2.24, 2.45) is 0 Å². The van der Waals surface area contributed by atoms with Crippen LogP contribution in [0.2, 0.25) is 0 Å². The first-order valence-electron chi connectivity index (χ1n) is 9.32. The summed E-state index contributed by atoms with van der Waals surface area (Å²) < 4.78 is 0. The van der Waals surface area contributed by atoms with E-state index < -0.39 is 0 Å². The van der Waals surface area contributed by atoms with Gasteiger partial charge in [-0.3, -0.25) is 0 Å². The van der Waals surface area contributed by atoms with Gasteiger partial charge in [0.25, 0.3) is 0 Å². The first-order valence-corrected chi connectivity index (χ1v) is 9.32. The molecule has 0 amide bonds. The van der Waals surface area contributed by atoms with Gasteiger partial charge in [0.15, 0.2) is 0 Å². The molecule has 0 spiro atoms. The predicted octanol–water partition coefficient (Wildman–Crippen LogP) is 4.91. The molecule has 0 atom stereocenters. The Bertz CT molecular complexity index is 923. The Labute approximate surface area is 166 Å². The van der Waals surface area contributed by atoms with E-state index in [0.717, 1.165) is 22.3 Å². The van der Waals surface area contributed by atoms with Gasteiger partial charge in [0, 0.05) is 10.8 Å². The van der Waals surface area contributed by atoms with E-state index in [4.69, 9.17) is 11.5 Å². The maximum Gasteiger partial charge on any atom is 0.138 e. The van der Waals surface area contributed by atoms with Gasteiger partial charge in [-0.2, -0.15) is 0 Å². The minimum absolute atomic E-state index is 0.102. The number of phenolic OH excluding ortho intramolecular Hbond substituents is 2. The number of rotatable bonds is 4. The molecule has 6 N–H and O–H groups in total. The van der Waals surface area contributed by atoms with E-state index in [1.807, 2.05) is 24.3 Å². The summed E-state index contributed by atoms with van der Waals surface area (Å²) in [5.41, 5.74) is 16.4. The van der Waals surface area contributed by atoms with Crippen LogP contribution in [0, 0.1) is 0 Å². The maximum atomic E-state index is 9.70. The van der Waals surface area contributed by atoms with Gasteiger partial charge in [-0.1, -0.05) is 64.1 Å². The average Bonchev–Trinajstić information content (AvgIpc) is 2.66. The largest absolute Gasteiger partial charge is 0.506 e. The van der Waals surface area contributed by atoms with Crippen molar-refractivity contribution < 1.29 is 10.2 Å². The monoisotopic (exact) mass is 376 g/mol. The minimum Gasteiger partial charge on any atom is -0.506 e. The lowest BCUT2D eigenvalue weighted by molar-refractivity contribution is 0.476. The highest BCUT2D eigenvalue weighted by atomic mass is 16.3. The standard InChI is InChI=1S/C24H28N2O2/c1-23(2,17-9-11-21(27)19(25)13-17)15-5-7-16(8-6-15)24(3,4)18-10-12-22(28)20(26)14-18/h5-14,27-28H,25-26H2,1-4H3. The van der Waals surface area contributed by atoms with Crippen LogP contribution in [0.5, 0.6) is 11.5 Å². The summed E-state index contributed by atoms with van der Waals surface area (Å²) in [5, 5.41) is 19.4. The van der Waals surface area contributed by atoms with E-state index in [-0.39, 0.29) is 22.3 Å². The van der Waals surface area contributed by atoms with E-state index in [1.54, 1.807) is 12.1 Å². The molecule has 0 saturated heterocycles. The number of phenols is 2. The molecule has 0 fully saturated rings. The fourth-order valence-corrected chi connectivity index (χ4v) is 3.52. The molecule has 3 rings (SSSR count). The Hall–Kier alpha value is -3.14. The molecule has 28 heavy (non-hydrogen) atoms. The zero-order valence-electron chi connectivity index (χ0n) is 16.8. The Kier molecular flexibility index (Phi) is 4.76. The SMILES string of the molecule is CC(C)(c1ccc(C(C)(C)c2ccc(O)c(N)c2)cc1)c1ccc(O)c(N)c1. The van der Waals surface area contributed by atoms with Crippen LogP contribution in [0.15, 0.2) is 60.7 Å². The van der Waals surface area contributed by atoms with Gasteiger partial charge < -0.3 is 21.7 Å². The molecule has 146 valence electrons. The molecule has 0 aromatic heterocycles. The van der Waals surface area contributed by atoms with Gasteiger partial charge in [0.2, 0.25) is 0 Å². The van der Waals surface area contributed by atoms with Crippen molar-refractivity contribution in [3.63, 3.8) is 0 Å². The van der Waals surface area contributed by atoms with E-state index >= 15 is 0 Å². The third-order valence-corrected chi connectivity index (χ3v) is 5.83. The summed E-state index contributed by atoms with van der Waals surface area (Å²) in [6, 6.07) is 19.3. The Balaban J connectivity index is 1.95. The number of anilines is 2. The van der Waals surface area contributed by atoms with Crippen LogP contribution in [-0.2, 0) is 10.8 Å². The highest BCUT2D eigenvalue weighted by Gasteiger charge is 2.27. The Morgan fingerprint density at radius 2 is 0.821 bits per heavy atom. The summed E-state index contributed by atoms with van der Waals surface area (Å²) >= 11 is 0. The molecule has 3 aromatic rings. The lowest BCUT2D eigenvalue weighted by atomic mass is 9.74. The van der Waals surface area contributed by atoms with Gasteiger partial charge in [-0.25, -0.2) is 0 Å². The minimum atomic E-state index is -0.256. The summed E-state index contributed by atoms with van der Waals surface area (Å²) in [5.74, 6) is 0.203. The summed E-state index contributed by atoms with van der Waals surface area (Å²) in [6.45, 7) is 8.55. The van der Waals surface area contributed by atoms with Crippen molar-refractivity contribution in [3.05, 3.63) is 82.9 Å². The highest BCUT2D eigenvalue weighted by Crippen LogP contribution is 2.38. The molecule has 0 saturated carbocycles. The molecule has 0 heterocycles. The van der Waals surface area contributed by atoms with E-state index in [2.05, 4.69) is 52.0 Å². The molecule has 0 unspecified atom stereocenters. The number of nitrogens with two attached hydrogens (primary N) is 2. The molecule has 3 aromatic carbocycles. The second kappa shape index (κ2) is 6.79. The van der Waals surface area contributed by atoms with Crippen LogP contribution in [0.25, 0.3) is 0 Å². The number of hydrogen-bond acceptors (Lipinski definition) is 4. The Morgan fingerprint density at radius 1 is 0.536 bits per heavy atom. The first kappa shape index (κ1) is 19.6. The van der Waals surface area contributed by atoms with E-state index in [0.29, 0.717) is 11.4 Å². The summed E-state index contributed by atoms with van der Waals surface area (Å²) in [4.78, 5) is 0. The Morgan fingerprint density at radius 3 is 1.11 bits per heavy atom. The van der Waals surface area contributed by atoms with Crippen LogP contribution >= 0.6 is 0 Å². The number of aromatic hydroxyl groups is 2. The molecule has 4 nitrogen and oxygen atoms in total. The fraction of sp³-hybridized carbons (Fsp3) is 0.250. The molecule has 0 bridgehead atoms. The van der Waals surface area contributed by atoms with Crippen LogP contribution < -0.4 is 11.5 Å². The fourth-order valence-electron chi connectivity index (χ4n) is 3.52. The van der Waals surface area contributed by atoms with Crippen LogP contribution in [0.4, 0.5) is 11.4 Å². The van der Waals surface area contributed by atoms with E-state index in [1.165, 1.54) is 0 Å². The van der Waals surface area contributed by atoms with Crippen molar-refractivity contribution in [3.8, 4) is 11.5 Å². The number of nitrogen functional groups attached to an aromatic ring is 2. The lowest BCUT2D eigenvalue weighted by Gasteiger charge is -2.30. The van der Waals surface area contributed by atoms with Crippen LogP contribution in [-0.4, -0.2) is 10.2 Å². The smallest absolute Gasteiger partial charge is 0.138 e. The summed E-state index contributed by atoms with van der Waals surface area (Å²) in [7, 11) is 0.